The highest BCUT2D eigenvalue weighted by molar-refractivity contribution is 8.14. The maximum absolute atomic E-state index is 13.8. The Hall–Kier alpha value is -5.02. The van der Waals surface area contributed by atoms with E-state index in [-0.39, 0.29) is 35.5 Å². The van der Waals surface area contributed by atoms with Crippen molar-refractivity contribution in [3.05, 3.63) is 138 Å². The van der Waals surface area contributed by atoms with Crippen LogP contribution in [0.15, 0.2) is 120 Å². The molecule has 0 bridgehead atoms. The Balaban J connectivity index is 1.24. The Morgan fingerprint density at radius 2 is 1.88 bits per heavy atom. The highest BCUT2D eigenvalue weighted by Crippen LogP contribution is 2.33. The topological polar surface area (TPSA) is 83.8 Å². The summed E-state index contributed by atoms with van der Waals surface area (Å²) in [6, 6.07) is 21.4. The first-order valence-corrected chi connectivity index (χ1v) is 18.6. The third-order valence-corrected chi connectivity index (χ3v) is 10.1. The Bertz CT molecular complexity index is 2010. The van der Waals surface area contributed by atoms with Gasteiger partial charge < -0.3 is 5.32 Å². The van der Waals surface area contributed by atoms with Gasteiger partial charge in [-0.2, -0.15) is 13.8 Å². The van der Waals surface area contributed by atoms with Crippen LogP contribution in [0.3, 0.4) is 0 Å². The molecule has 3 aromatic carbocycles. The molecule has 0 aliphatic carbocycles. The maximum Gasteiger partial charge on any atom is 0.346 e. The number of rotatable bonds is 14. The molecule has 1 aliphatic heterocycles. The molecule has 0 fully saturated rings. The number of pyridine rings is 1. The van der Waals surface area contributed by atoms with Crippen molar-refractivity contribution in [3.63, 3.8) is 0 Å². The summed E-state index contributed by atoms with van der Waals surface area (Å²) in [7, 11) is 0. The fourth-order valence-electron chi connectivity index (χ4n) is 6.15. The summed E-state index contributed by atoms with van der Waals surface area (Å²) in [5.74, 6) is -2.64. The summed E-state index contributed by atoms with van der Waals surface area (Å²) in [5, 5.41) is 4.39. The van der Waals surface area contributed by atoms with Crippen LogP contribution >= 0.6 is 11.8 Å². The van der Waals surface area contributed by atoms with Crippen molar-refractivity contribution in [2.45, 2.75) is 64.3 Å². The Labute approximate surface area is 309 Å². The number of alkyl halides is 2. The molecule has 0 radical (unpaired) electrons. The minimum absolute atomic E-state index is 0.0496. The molecule has 6 nitrogen and oxygen atoms in total. The van der Waals surface area contributed by atoms with Gasteiger partial charge in [0.25, 0.3) is 5.92 Å². The molecule has 9 heteroatoms. The summed E-state index contributed by atoms with van der Waals surface area (Å²) in [6.07, 6.45) is 12.5. The van der Waals surface area contributed by atoms with E-state index in [9.17, 15) is 18.4 Å². The second-order valence-corrected chi connectivity index (χ2v) is 13.8. The van der Waals surface area contributed by atoms with E-state index in [1.54, 1.807) is 18.3 Å². The van der Waals surface area contributed by atoms with Crippen LogP contribution in [-0.4, -0.2) is 33.8 Å². The molecule has 2 unspecified atom stereocenters. The number of halogens is 2. The number of aromatic nitrogens is 1. The molecule has 2 amide bonds. The van der Waals surface area contributed by atoms with Crippen molar-refractivity contribution in [1.82, 2.24) is 4.98 Å². The van der Waals surface area contributed by atoms with Gasteiger partial charge in [-0.15, -0.1) is 6.58 Å². The number of nitrogens with one attached hydrogen (secondary N) is 1. The number of hydrogen-bond acceptors (Lipinski definition) is 5. The number of amides is 2. The van der Waals surface area contributed by atoms with E-state index in [0.717, 1.165) is 64.4 Å². The van der Waals surface area contributed by atoms with Crippen LogP contribution in [0.1, 0.15) is 73.4 Å². The number of anilines is 1. The van der Waals surface area contributed by atoms with Crippen molar-refractivity contribution < 1.29 is 18.4 Å². The van der Waals surface area contributed by atoms with Gasteiger partial charge in [-0.1, -0.05) is 92.9 Å². The van der Waals surface area contributed by atoms with E-state index in [2.05, 4.69) is 41.4 Å². The minimum Gasteiger partial charge on any atom is -0.306 e. The van der Waals surface area contributed by atoms with Crippen molar-refractivity contribution in [2.24, 2.45) is 15.9 Å². The number of carbonyl (C=O) groups excluding carboxylic acids is 2. The molecule has 268 valence electrons. The average molecular weight is 719 g/mol. The first kappa shape index (κ1) is 38.2. The number of ketones is 1. The number of aryl methyl sites for hydroxylation is 2. The van der Waals surface area contributed by atoms with Gasteiger partial charge in [0.05, 0.1) is 17.3 Å². The van der Waals surface area contributed by atoms with Gasteiger partial charge in [0.2, 0.25) is 0 Å². The maximum atomic E-state index is 13.8. The summed E-state index contributed by atoms with van der Waals surface area (Å²) in [6.45, 7) is 11.3. The van der Waals surface area contributed by atoms with Crippen LogP contribution < -0.4 is 5.32 Å². The van der Waals surface area contributed by atoms with Crippen LogP contribution in [0.5, 0.6) is 0 Å². The quantitative estimate of drug-likeness (QED) is 0.0799. The minimum atomic E-state index is -3.02. The number of allylic oxidation sites excluding steroid dienone is 2. The molecule has 0 saturated carbocycles. The molecule has 0 spiro atoms. The van der Waals surface area contributed by atoms with Gasteiger partial charge in [0.15, 0.2) is 0 Å². The monoisotopic (exact) mass is 718 g/mol. The van der Waals surface area contributed by atoms with E-state index >= 15 is 0 Å². The number of nitrogens with zero attached hydrogens (tertiary/aromatic N) is 3. The van der Waals surface area contributed by atoms with Gasteiger partial charge in [-0.25, -0.2) is 4.79 Å². The van der Waals surface area contributed by atoms with Gasteiger partial charge >= 0.3 is 6.03 Å². The standard InChI is InChI=1S/C43H44F2N4O2S/c1-5-29(4)41(47-23-10-8-9-13-30-17-20-34(21-18-30)43(44,45)7-3)32-19-22-38(31(6-2)25-32)48-42(51)49-40-27-33(26-35(50)28-52-40)36-14-11-16-39-37(36)15-12-24-46-39/h5,7,11-12,14-25,27,29,41H,1,3,6,8-10,13,26,28H2,2,4H3,(H,48,51)/b47-23?,49-40-. The number of hydrogen-bond donors (Lipinski definition) is 1. The number of unbranched alkanes of at least 4 members (excludes halogenated alkanes) is 2. The lowest BCUT2D eigenvalue weighted by molar-refractivity contribution is -0.115. The SMILES string of the molecule is C=CC(C)C(N=CCCCCc1ccc(C(F)(F)C=C)cc1)c1ccc(NC(=O)/N=C2/C=C(c3cccc4ncccc34)CC(=O)CS2)c(CC)c1. The first-order chi connectivity index (χ1) is 25.1. The third kappa shape index (κ3) is 9.85. The number of thioether (sulfide) groups is 1. The molecule has 1 aromatic heterocycles. The lowest BCUT2D eigenvalue weighted by Gasteiger charge is -2.20. The van der Waals surface area contributed by atoms with Crippen molar-refractivity contribution in [1.29, 1.82) is 0 Å². The number of benzene rings is 3. The van der Waals surface area contributed by atoms with E-state index in [1.165, 1.54) is 23.9 Å². The summed E-state index contributed by atoms with van der Waals surface area (Å²) < 4.78 is 27.6. The molecular weight excluding hydrogens is 675 g/mol. The Kier molecular flexibility index (Phi) is 13.2. The predicted molar refractivity (Wildman–Crippen MR) is 213 cm³/mol. The number of Topliss-reactive ketones (excluding diaryl/α,β-unsaturated/α-hetero) is 1. The number of carbonyl (C=O) groups is 2. The van der Waals surface area contributed by atoms with Crippen LogP contribution in [0.4, 0.5) is 19.3 Å². The predicted octanol–water partition coefficient (Wildman–Crippen LogP) is 11.1. The highest BCUT2D eigenvalue weighted by atomic mass is 32.2. The van der Waals surface area contributed by atoms with E-state index in [0.29, 0.717) is 23.2 Å². The van der Waals surface area contributed by atoms with Crippen LogP contribution in [0.25, 0.3) is 16.5 Å². The van der Waals surface area contributed by atoms with E-state index in [4.69, 9.17) is 4.99 Å². The first-order valence-electron chi connectivity index (χ1n) is 17.6. The average Bonchev–Trinajstić information content (AvgIpc) is 3.34. The number of fused-ring (bicyclic) bond motifs is 1. The number of aliphatic imine (C=N–C) groups is 2. The zero-order chi connectivity index (χ0) is 37.1. The van der Waals surface area contributed by atoms with E-state index < -0.39 is 12.0 Å². The molecule has 1 N–H and O–H groups in total. The Morgan fingerprint density at radius 1 is 1.08 bits per heavy atom. The molecular formula is C43H44F2N4O2S. The largest absolute Gasteiger partial charge is 0.346 e. The molecule has 5 rings (SSSR count). The Morgan fingerprint density at radius 3 is 2.63 bits per heavy atom. The molecule has 0 saturated heterocycles. The molecule has 4 aromatic rings. The van der Waals surface area contributed by atoms with Gasteiger partial charge in [0, 0.05) is 35.2 Å². The third-order valence-electron chi connectivity index (χ3n) is 9.14. The van der Waals surface area contributed by atoms with Crippen molar-refractivity contribution >= 4 is 57.0 Å². The number of urea groups is 1. The fourth-order valence-corrected chi connectivity index (χ4v) is 6.94. The van der Waals surface area contributed by atoms with Gasteiger partial charge in [0.1, 0.15) is 10.8 Å². The fraction of sp³-hybridized carbons (Fsp3) is 0.279. The summed E-state index contributed by atoms with van der Waals surface area (Å²) >= 11 is 1.26. The van der Waals surface area contributed by atoms with Crippen LogP contribution in [0.2, 0.25) is 0 Å². The van der Waals surface area contributed by atoms with Crippen LogP contribution in [0, 0.1) is 5.92 Å². The second-order valence-electron chi connectivity index (χ2n) is 12.8. The smallest absolute Gasteiger partial charge is 0.306 e. The molecule has 1 aliphatic rings. The molecule has 2 atom stereocenters. The normalized spacial score (nSPS) is 15.7. The highest BCUT2D eigenvalue weighted by Gasteiger charge is 2.26. The zero-order valence-corrected chi connectivity index (χ0v) is 30.5. The molecule has 52 heavy (non-hydrogen) atoms. The second kappa shape index (κ2) is 18.0. The summed E-state index contributed by atoms with van der Waals surface area (Å²) in [4.78, 5) is 39.7. The van der Waals surface area contributed by atoms with Gasteiger partial charge in [-0.05, 0) is 96.5 Å². The van der Waals surface area contributed by atoms with E-state index in [1.807, 2.05) is 67.8 Å². The summed E-state index contributed by atoms with van der Waals surface area (Å²) in [5.41, 5.74) is 6.19. The lowest BCUT2D eigenvalue weighted by atomic mass is 9.92. The van der Waals surface area contributed by atoms with Crippen LogP contribution in [-0.2, 0) is 23.6 Å². The van der Waals surface area contributed by atoms with Crippen molar-refractivity contribution in [3.8, 4) is 0 Å². The lowest BCUT2D eigenvalue weighted by Crippen LogP contribution is -2.12. The molecule has 2 heterocycles. The van der Waals surface area contributed by atoms with Gasteiger partial charge in [-0.3, -0.25) is 14.8 Å². The zero-order valence-electron chi connectivity index (χ0n) is 29.7. The van der Waals surface area contributed by atoms with Crippen molar-refractivity contribution in [2.75, 3.05) is 11.1 Å².